The van der Waals surface area contributed by atoms with Crippen molar-refractivity contribution < 1.29 is 14.3 Å². The molecule has 1 heterocycles. The first kappa shape index (κ1) is 18.9. The molecule has 0 unspecified atom stereocenters. The van der Waals surface area contributed by atoms with Crippen LogP contribution >= 0.6 is 12.2 Å². The van der Waals surface area contributed by atoms with Crippen molar-refractivity contribution in [1.29, 1.82) is 0 Å². The van der Waals surface area contributed by atoms with Gasteiger partial charge in [-0.25, -0.2) is 4.79 Å². The minimum Gasteiger partial charge on any atom is -0.467 e. The summed E-state index contributed by atoms with van der Waals surface area (Å²) in [6, 6.07) is 3.92. The molecule has 25 heavy (non-hydrogen) atoms. The van der Waals surface area contributed by atoms with Gasteiger partial charge in [0.15, 0.2) is 4.77 Å². The number of hydrogen-bond acceptors (Lipinski definition) is 5. The van der Waals surface area contributed by atoms with Gasteiger partial charge in [-0.3, -0.25) is 14.2 Å². The summed E-state index contributed by atoms with van der Waals surface area (Å²) >= 11 is 5.09. The van der Waals surface area contributed by atoms with Crippen molar-refractivity contribution in [2.45, 2.75) is 26.3 Å². The number of hydrogen-bond donors (Lipinski definition) is 2. The van der Waals surface area contributed by atoms with E-state index in [1.54, 1.807) is 25.2 Å². The summed E-state index contributed by atoms with van der Waals surface area (Å²) in [7, 11) is 2.86. The summed E-state index contributed by atoms with van der Waals surface area (Å²) < 4.78 is 6.34. The number of methoxy groups -OCH3 is 1. The van der Waals surface area contributed by atoms with Crippen LogP contribution in [0, 0.1) is 10.7 Å². The second-order valence-corrected chi connectivity index (χ2v) is 6.62. The maximum atomic E-state index is 12.5. The molecule has 2 rings (SSSR count). The maximum absolute atomic E-state index is 12.5. The number of fused-ring (bicyclic) bond motifs is 1. The summed E-state index contributed by atoms with van der Waals surface area (Å²) in [5.41, 5.74) is 0.557. The van der Waals surface area contributed by atoms with Crippen molar-refractivity contribution in [3.8, 4) is 0 Å². The molecule has 8 heteroatoms. The van der Waals surface area contributed by atoms with E-state index in [1.807, 2.05) is 13.8 Å². The van der Waals surface area contributed by atoms with Crippen molar-refractivity contribution in [3.63, 3.8) is 0 Å². The van der Waals surface area contributed by atoms with E-state index in [1.165, 1.54) is 11.7 Å². The van der Waals surface area contributed by atoms with E-state index in [2.05, 4.69) is 10.3 Å². The molecule has 1 aromatic heterocycles. The number of carbonyl (C=O) groups is 2. The minimum absolute atomic E-state index is 0.208. The largest absolute Gasteiger partial charge is 0.467 e. The fraction of sp³-hybridized carbons (Fsp3) is 0.412. The molecule has 2 N–H and O–H groups in total. The van der Waals surface area contributed by atoms with Crippen LogP contribution in [0.2, 0.25) is 0 Å². The Kier molecular flexibility index (Phi) is 5.73. The summed E-state index contributed by atoms with van der Waals surface area (Å²) in [5, 5.41) is 3.11. The summed E-state index contributed by atoms with van der Waals surface area (Å²) in [6.45, 7) is 3.90. The zero-order chi connectivity index (χ0) is 18.7. The molecule has 1 atom stereocenters. The van der Waals surface area contributed by atoms with Crippen LogP contribution in [0.15, 0.2) is 23.0 Å². The molecule has 0 saturated heterocycles. The molecular formula is C17H21N3O4S. The molecule has 0 aliphatic carbocycles. The topological polar surface area (TPSA) is 93.2 Å². The van der Waals surface area contributed by atoms with Gasteiger partial charge in [-0.05, 0) is 42.8 Å². The average molecular weight is 363 g/mol. The van der Waals surface area contributed by atoms with Gasteiger partial charge >= 0.3 is 5.97 Å². The fourth-order valence-electron chi connectivity index (χ4n) is 2.52. The van der Waals surface area contributed by atoms with E-state index < -0.39 is 17.9 Å². The van der Waals surface area contributed by atoms with E-state index >= 15 is 0 Å². The standard InChI is InChI=1S/C17H21N3O4S/c1-9(2)7-13(16(23)24-4)18-14(21)10-5-6-11-12(8-10)19-17(25)20(3)15(11)22/h5-6,8-9,13H,7H2,1-4H3,(H,18,21)(H,19,25)/t13-/m1/s1. The Bertz CT molecular complexity index is 930. The summed E-state index contributed by atoms with van der Waals surface area (Å²) in [4.78, 5) is 39.4. The maximum Gasteiger partial charge on any atom is 0.328 e. The Morgan fingerprint density at radius 2 is 2.04 bits per heavy atom. The highest BCUT2D eigenvalue weighted by molar-refractivity contribution is 7.71. The third-order valence-corrected chi connectivity index (χ3v) is 4.24. The van der Waals surface area contributed by atoms with Crippen LogP contribution in [0.4, 0.5) is 0 Å². The molecule has 1 amide bonds. The predicted molar refractivity (Wildman–Crippen MR) is 97.1 cm³/mol. The molecule has 0 saturated carbocycles. The molecule has 0 bridgehead atoms. The molecule has 1 aromatic carbocycles. The third-order valence-electron chi connectivity index (χ3n) is 3.86. The van der Waals surface area contributed by atoms with Gasteiger partial charge in [-0.1, -0.05) is 13.8 Å². The highest BCUT2D eigenvalue weighted by Crippen LogP contribution is 2.12. The number of aromatic amines is 1. The number of ether oxygens (including phenoxy) is 1. The number of esters is 1. The zero-order valence-corrected chi connectivity index (χ0v) is 15.4. The Balaban J connectivity index is 2.35. The molecular weight excluding hydrogens is 342 g/mol. The van der Waals surface area contributed by atoms with Gasteiger partial charge in [0, 0.05) is 12.6 Å². The Morgan fingerprint density at radius 3 is 2.64 bits per heavy atom. The van der Waals surface area contributed by atoms with Crippen LogP contribution in [-0.4, -0.2) is 34.6 Å². The number of aromatic nitrogens is 2. The molecule has 0 radical (unpaired) electrons. The van der Waals surface area contributed by atoms with Crippen molar-refractivity contribution in [1.82, 2.24) is 14.9 Å². The van der Waals surface area contributed by atoms with E-state index in [0.29, 0.717) is 22.9 Å². The van der Waals surface area contributed by atoms with E-state index in [9.17, 15) is 14.4 Å². The van der Waals surface area contributed by atoms with Gasteiger partial charge in [0.2, 0.25) is 0 Å². The molecule has 2 aromatic rings. The third kappa shape index (κ3) is 4.14. The molecule has 0 spiro atoms. The normalized spacial score (nSPS) is 12.2. The van der Waals surface area contributed by atoms with Gasteiger partial charge in [-0.15, -0.1) is 0 Å². The Morgan fingerprint density at radius 1 is 1.36 bits per heavy atom. The number of nitrogens with one attached hydrogen (secondary N) is 2. The molecule has 0 aliphatic rings. The monoisotopic (exact) mass is 363 g/mol. The van der Waals surface area contributed by atoms with Crippen molar-refractivity contribution in [3.05, 3.63) is 38.9 Å². The quantitative estimate of drug-likeness (QED) is 0.625. The summed E-state index contributed by atoms with van der Waals surface area (Å²) in [5.74, 6) is -0.700. The smallest absolute Gasteiger partial charge is 0.328 e. The highest BCUT2D eigenvalue weighted by atomic mass is 32.1. The molecule has 0 aliphatic heterocycles. The van der Waals surface area contributed by atoms with Gasteiger partial charge in [-0.2, -0.15) is 0 Å². The van der Waals surface area contributed by atoms with E-state index in [4.69, 9.17) is 17.0 Å². The molecule has 134 valence electrons. The van der Waals surface area contributed by atoms with E-state index in [-0.39, 0.29) is 16.2 Å². The number of H-pyrrole nitrogens is 1. The SMILES string of the molecule is COC(=O)[C@@H](CC(C)C)NC(=O)c1ccc2c(=O)n(C)c(=S)[nH]c2c1. The number of amides is 1. The lowest BCUT2D eigenvalue weighted by atomic mass is 10.0. The first-order chi connectivity index (χ1) is 11.7. The van der Waals surface area contributed by atoms with Crippen LogP contribution in [-0.2, 0) is 16.6 Å². The number of benzene rings is 1. The van der Waals surface area contributed by atoms with Gasteiger partial charge in [0.25, 0.3) is 11.5 Å². The number of nitrogens with zero attached hydrogens (tertiary/aromatic N) is 1. The van der Waals surface area contributed by atoms with Gasteiger partial charge in [0.05, 0.1) is 18.0 Å². The lowest BCUT2D eigenvalue weighted by Gasteiger charge is -2.18. The molecule has 7 nitrogen and oxygen atoms in total. The summed E-state index contributed by atoms with van der Waals surface area (Å²) in [6.07, 6.45) is 0.467. The predicted octanol–water partition coefficient (Wildman–Crippen LogP) is 1.91. The van der Waals surface area contributed by atoms with Crippen LogP contribution in [0.1, 0.15) is 30.6 Å². The van der Waals surface area contributed by atoms with Crippen molar-refractivity contribution in [2.24, 2.45) is 13.0 Å². The van der Waals surface area contributed by atoms with Crippen LogP contribution in [0.5, 0.6) is 0 Å². The fourth-order valence-corrected chi connectivity index (χ4v) is 2.71. The zero-order valence-electron chi connectivity index (χ0n) is 14.6. The van der Waals surface area contributed by atoms with Gasteiger partial charge in [0.1, 0.15) is 6.04 Å². The average Bonchev–Trinajstić information content (AvgIpc) is 2.57. The first-order valence-corrected chi connectivity index (χ1v) is 8.27. The van der Waals surface area contributed by atoms with Crippen LogP contribution < -0.4 is 10.9 Å². The lowest BCUT2D eigenvalue weighted by Crippen LogP contribution is -2.42. The highest BCUT2D eigenvalue weighted by Gasteiger charge is 2.23. The van der Waals surface area contributed by atoms with Crippen molar-refractivity contribution >= 4 is 35.0 Å². The second-order valence-electron chi connectivity index (χ2n) is 6.23. The Hall–Kier alpha value is -2.48. The number of rotatable bonds is 5. The van der Waals surface area contributed by atoms with Gasteiger partial charge < -0.3 is 15.0 Å². The minimum atomic E-state index is -0.727. The number of carbonyl (C=O) groups excluding carboxylic acids is 2. The Labute approximate surface area is 150 Å². The lowest BCUT2D eigenvalue weighted by molar-refractivity contribution is -0.143. The van der Waals surface area contributed by atoms with Crippen LogP contribution in [0.3, 0.4) is 0 Å². The van der Waals surface area contributed by atoms with E-state index in [0.717, 1.165) is 0 Å². The first-order valence-electron chi connectivity index (χ1n) is 7.86. The van der Waals surface area contributed by atoms with Crippen LogP contribution in [0.25, 0.3) is 10.9 Å². The molecule has 0 fully saturated rings. The second kappa shape index (κ2) is 7.60. The van der Waals surface area contributed by atoms with Crippen molar-refractivity contribution in [2.75, 3.05) is 7.11 Å².